The van der Waals surface area contributed by atoms with Gasteiger partial charge in [0.15, 0.2) is 6.10 Å². The number of rotatable bonds is 33. The molecule has 0 fully saturated rings. The zero-order chi connectivity index (χ0) is 36.8. The highest BCUT2D eigenvalue weighted by atomic mass is 31.2. The van der Waals surface area contributed by atoms with Crippen LogP contribution in [-0.4, -0.2) is 41.0 Å². The Morgan fingerprint density at radius 3 is 1.50 bits per heavy atom. The lowest BCUT2D eigenvalue weighted by Gasteiger charge is -2.18. The van der Waals surface area contributed by atoms with E-state index in [1.165, 1.54) is 25.7 Å². The Balaban J connectivity index is 4.12. The van der Waals surface area contributed by atoms with Crippen molar-refractivity contribution < 1.29 is 37.9 Å². The van der Waals surface area contributed by atoms with Crippen molar-refractivity contribution in [2.75, 3.05) is 13.2 Å². The van der Waals surface area contributed by atoms with Crippen molar-refractivity contribution in [3.05, 3.63) is 85.1 Å². The van der Waals surface area contributed by atoms with Crippen molar-refractivity contribution in [3.63, 3.8) is 0 Å². The molecule has 0 amide bonds. The lowest BCUT2D eigenvalue weighted by molar-refractivity contribution is -0.161. The number of ether oxygens (including phenoxy) is 2. The summed E-state index contributed by atoms with van der Waals surface area (Å²) in [4.78, 5) is 42.7. The molecule has 0 saturated heterocycles. The van der Waals surface area contributed by atoms with E-state index in [-0.39, 0.29) is 19.4 Å². The molecule has 0 radical (unpaired) electrons. The van der Waals surface area contributed by atoms with E-state index in [2.05, 4.69) is 97.4 Å². The van der Waals surface area contributed by atoms with Gasteiger partial charge in [-0.05, 0) is 83.5 Å². The smallest absolute Gasteiger partial charge is 0.462 e. The Morgan fingerprint density at radius 2 is 0.980 bits per heavy atom. The normalized spacial score (nSPS) is 13.4. The molecule has 0 aliphatic rings. The quantitative estimate of drug-likeness (QED) is 0.0298. The number of esters is 2. The van der Waals surface area contributed by atoms with Crippen LogP contribution < -0.4 is 0 Å². The van der Waals surface area contributed by atoms with Gasteiger partial charge in [0.05, 0.1) is 6.61 Å². The molecule has 2 N–H and O–H groups in total. The van der Waals surface area contributed by atoms with Crippen LogP contribution in [0.15, 0.2) is 85.1 Å². The van der Waals surface area contributed by atoms with Crippen molar-refractivity contribution in [1.82, 2.24) is 0 Å². The van der Waals surface area contributed by atoms with Crippen molar-refractivity contribution in [3.8, 4) is 0 Å². The van der Waals surface area contributed by atoms with E-state index in [0.717, 1.165) is 77.0 Å². The van der Waals surface area contributed by atoms with Gasteiger partial charge in [-0.2, -0.15) is 0 Å². The minimum absolute atomic E-state index is 0.176. The first-order valence-corrected chi connectivity index (χ1v) is 20.4. The number of phosphoric acid groups is 1. The number of carbonyl (C=O) groups is 2. The molecular formula is C41H67O8P. The predicted octanol–water partition coefficient (Wildman–Crippen LogP) is 11.3. The van der Waals surface area contributed by atoms with Crippen LogP contribution >= 0.6 is 7.82 Å². The standard InChI is InChI=1S/C41H67O8P/c1-3-5-7-9-11-13-15-17-19-20-22-23-25-27-29-31-33-35-40(42)47-37-39(38-48-50(44,45)46)49-41(43)36-34-32-30-28-26-24-21-18-16-14-12-10-8-6-4-2/h6,8,11-14,17-19,21-23,27,29,39H,3-5,7,9-10,15-16,20,24-26,28,30-38H2,1-2H3,(H2,44,45,46)/b8-6-,13-11-,14-12-,19-17-,21-18-,23-22-,29-27-/t39-/m1/s1. The molecule has 0 saturated carbocycles. The van der Waals surface area contributed by atoms with Gasteiger partial charge < -0.3 is 19.3 Å². The van der Waals surface area contributed by atoms with Crippen molar-refractivity contribution >= 4 is 19.8 Å². The molecule has 8 nitrogen and oxygen atoms in total. The topological polar surface area (TPSA) is 119 Å². The third-order valence-corrected chi connectivity index (χ3v) is 7.88. The summed E-state index contributed by atoms with van der Waals surface area (Å²) in [6.45, 7) is 3.46. The van der Waals surface area contributed by atoms with Crippen molar-refractivity contribution in [2.45, 2.75) is 148 Å². The summed E-state index contributed by atoms with van der Waals surface area (Å²) in [5.74, 6) is -0.980. The van der Waals surface area contributed by atoms with E-state index in [1.54, 1.807) is 0 Å². The molecule has 284 valence electrons. The molecule has 0 aliphatic carbocycles. The summed E-state index contributed by atoms with van der Waals surface area (Å²) in [6, 6.07) is 0. The van der Waals surface area contributed by atoms with Gasteiger partial charge in [-0.1, -0.05) is 131 Å². The minimum Gasteiger partial charge on any atom is -0.462 e. The van der Waals surface area contributed by atoms with Crippen molar-refractivity contribution in [2.24, 2.45) is 0 Å². The fourth-order valence-corrected chi connectivity index (χ4v) is 4.97. The molecule has 0 aromatic heterocycles. The van der Waals surface area contributed by atoms with E-state index in [0.29, 0.717) is 12.8 Å². The fourth-order valence-electron chi connectivity index (χ4n) is 4.61. The Hall–Kier alpha value is -2.77. The molecule has 0 rings (SSSR count). The molecule has 0 aliphatic heterocycles. The predicted molar refractivity (Wildman–Crippen MR) is 207 cm³/mol. The number of allylic oxidation sites excluding steroid dienone is 14. The number of hydrogen-bond acceptors (Lipinski definition) is 6. The zero-order valence-electron chi connectivity index (χ0n) is 31.0. The highest BCUT2D eigenvalue weighted by Gasteiger charge is 2.22. The molecule has 50 heavy (non-hydrogen) atoms. The van der Waals surface area contributed by atoms with Crippen LogP contribution in [-0.2, 0) is 28.2 Å². The van der Waals surface area contributed by atoms with Crippen LogP contribution in [0.2, 0.25) is 0 Å². The van der Waals surface area contributed by atoms with Crippen molar-refractivity contribution in [1.29, 1.82) is 0 Å². The molecule has 0 unspecified atom stereocenters. The SMILES string of the molecule is CC/C=C\C/C=C\C/C=C\CCCCCCCC(=O)O[C@H](COC(=O)CCC/C=C\C/C=C\C/C=C\C/C=C\CCCCC)COP(=O)(O)O. The number of unbranched alkanes of at least 4 members (excludes halogenated alkanes) is 9. The van der Waals surface area contributed by atoms with Gasteiger partial charge in [0, 0.05) is 12.8 Å². The second kappa shape index (κ2) is 36.0. The summed E-state index contributed by atoms with van der Waals surface area (Å²) in [5.41, 5.74) is 0. The van der Waals surface area contributed by atoms with Gasteiger partial charge in [-0.25, -0.2) is 4.57 Å². The second-order valence-electron chi connectivity index (χ2n) is 12.2. The monoisotopic (exact) mass is 718 g/mol. The maximum atomic E-state index is 12.4. The number of phosphoric ester groups is 1. The molecule has 1 atom stereocenters. The van der Waals surface area contributed by atoms with Crippen LogP contribution in [0.5, 0.6) is 0 Å². The molecular weight excluding hydrogens is 651 g/mol. The summed E-state index contributed by atoms with van der Waals surface area (Å²) in [6.07, 6.45) is 47.3. The molecule has 0 aromatic carbocycles. The van der Waals surface area contributed by atoms with E-state index in [9.17, 15) is 14.2 Å². The van der Waals surface area contributed by atoms with Gasteiger partial charge in [0.2, 0.25) is 0 Å². The first-order valence-electron chi connectivity index (χ1n) is 18.9. The summed E-state index contributed by atoms with van der Waals surface area (Å²) >= 11 is 0. The number of hydrogen-bond donors (Lipinski definition) is 2. The van der Waals surface area contributed by atoms with Gasteiger partial charge in [0.1, 0.15) is 6.61 Å². The first-order chi connectivity index (χ1) is 24.3. The van der Waals surface area contributed by atoms with Crippen LogP contribution in [0.25, 0.3) is 0 Å². The Morgan fingerprint density at radius 1 is 0.540 bits per heavy atom. The van der Waals surface area contributed by atoms with Gasteiger partial charge in [-0.3, -0.25) is 14.1 Å². The van der Waals surface area contributed by atoms with E-state index in [4.69, 9.17) is 19.3 Å². The molecule has 0 bridgehead atoms. The fraction of sp³-hybridized carbons (Fsp3) is 0.610. The van der Waals surface area contributed by atoms with Gasteiger partial charge in [-0.15, -0.1) is 0 Å². The maximum Gasteiger partial charge on any atom is 0.469 e. The number of carbonyl (C=O) groups excluding carboxylic acids is 2. The Bertz CT molecular complexity index is 1080. The van der Waals surface area contributed by atoms with Gasteiger partial charge >= 0.3 is 19.8 Å². The van der Waals surface area contributed by atoms with Gasteiger partial charge in [0.25, 0.3) is 0 Å². The van der Waals surface area contributed by atoms with Crippen LogP contribution in [0.1, 0.15) is 142 Å². The van der Waals surface area contributed by atoms with E-state index < -0.39 is 32.5 Å². The molecule has 0 spiro atoms. The average Bonchev–Trinajstić information content (AvgIpc) is 3.08. The molecule has 0 heterocycles. The zero-order valence-corrected chi connectivity index (χ0v) is 31.9. The first kappa shape index (κ1) is 47.2. The van der Waals surface area contributed by atoms with E-state index >= 15 is 0 Å². The average molecular weight is 719 g/mol. The van der Waals surface area contributed by atoms with E-state index in [1.807, 2.05) is 6.08 Å². The Kier molecular flexibility index (Phi) is 34.0. The van der Waals surface area contributed by atoms with Crippen LogP contribution in [0, 0.1) is 0 Å². The highest BCUT2D eigenvalue weighted by Crippen LogP contribution is 2.35. The summed E-state index contributed by atoms with van der Waals surface area (Å²) in [7, 11) is -4.77. The lowest BCUT2D eigenvalue weighted by Crippen LogP contribution is -2.29. The highest BCUT2D eigenvalue weighted by molar-refractivity contribution is 7.46. The maximum absolute atomic E-state index is 12.4. The van der Waals surface area contributed by atoms with Crippen LogP contribution in [0.4, 0.5) is 0 Å². The second-order valence-corrected chi connectivity index (χ2v) is 13.4. The summed E-state index contributed by atoms with van der Waals surface area (Å²) < 4.78 is 26.2. The Labute approximate surface area is 303 Å². The lowest BCUT2D eigenvalue weighted by atomic mass is 10.1. The minimum atomic E-state index is -4.77. The third kappa shape index (κ3) is 38.0. The third-order valence-electron chi connectivity index (χ3n) is 7.40. The largest absolute Gasteiger partial charge is 0.469 e. The molecule has 9 heteroatoms. The molecule has 0 aromatic rings. The van der Waals surface area contributed by atoms with Crippen LogP contribution in [0.3, 0.4) is 0 Å². The summed E-state index contributed by atoms with van der Waals surface area (Å²) in [5, 5.41) is 0.